The number of carbonyl (C=O) groups is 1. The summed E-state index contributed by atoms with van der Waals surface area (Å²) in [6.45, 7) is 1.89. The molecule has 0 aliphatic carbocycles. The molecule has 1 aromatic carbocycles. The molecular formula is C11H16N2O3. The maximum absolute atomic E-state index is 11.0. The lowest BCUT2D eigenvalue weighted by Gasteiger charge is -2.16. The normalized spacial score (nSPS) is 12.1. The fourth-order valence-corrected chi connectivity index (χ4v) is 1.42. The van der Waals surface area contributed by atoms with Gasteiger partial charge in [-0.3, -0.25) is 4.79 Å². The Hall–Kier alpha value is -1.75. The maximum atomic E-state index is 11.0. The van der Waals surface area contributed by atoms with Gasteiger partial charge in [0, 0.05) is 13.1 Å². The van der Waals surface area contributed by atoms with Gasteiger partial charge in [-0.25, -0.2) is 0 Å². The molecule has 0 saturated heterocycles. The summed E-state index contributed by atoms with van der Waals surface area (Å²) in [6.07, 6.45) is 0. The molecule has 0 saturated carbocycles. The highest BCUT2D eigenvalue weighted by Crippen LogP contribution is 2.31. The van der Waals surface area contributed by atoms with Crippen LogP contribution in [0.4, 0.5) is 0 Å². The standard InChI is InChI=1S/C11H16N2O3/c1-7(13-6-10(16)12-2)11-8(14)4-3-5-9(11)15/h3-5,7,13-15H,6H2,1-2H3,(H,12,16). The third kappa shape index (κ3) is 2.87. The van der Waals surface area contributed by atoms with Crippen molar-refractivity contribution in [1.82, 2.24) is 10.6 Å². The molecule has 0 aliphatic rings. The number of rotatable bonds is 4. The van der Waals surface area contributed by atoms with Crippen molar-refractivity contribution >= 4 is 5.91 Å². The van der Waals surface area contributed by atoms with E-state index >= 15 is 0 Å². The predicted molar refractivity (Wildman–Crippen MR) is 60.3 cm³/mol. The summed E-state index contributed by atoms with van der Waals surface area (Å²) in [6, 6.07) is 4.23. The Morgan fingerprint density at radius 1 is 1.38 bits per heavy atom. The van der Waals surface area contributed by atoms with Gasteiger partial charge in [0.1, 0.15) is 11.5 Å². The fraction of sp³-hybridized carbons (Fsp3) is 0.364. The fourth-order valence-electron chi connectivity index (χ4n) is 1.42. The van der Waals surface area contributed by atoms with Gasteiger partial charge in [-0.1, -0.05) is 6.07 Å². The average molecular weight is 224 g/mol. The third-order valence-corrected chi connectivity index (χ3v) is 2.34. The molecule has 88 valence electrons. The number of phenols is 2. The number of amides is 1. The van der Waals surface area contributed by atoms with Gasteiger partial charge in [-0.05, 0) is 19.1 Å². The minimum absolute atomic E-state index is 0.0110. The number of nitrogens with one attached hydrogen (secondary N) is 2. The molecule has 0 fully saturated rings. The Labute approximate surface area is 94.1 Å². The Kier molecular flexibility index (Phi) is 4.13. The van der Waals surface area contributed by atoms with Crippen LogP contribution in [0.2, 0.25) is 0 Å². The van der Waals surface area contributed by atoms with Crippen molar-refractivity contribution in [3.05, 3.63) is 23.8 Å². The van der Waals surface area contributed by atoms with Gasteiger partial charge in [0.15, 0.2) is 0 Å². The molecular weight excluding hydrogens is 208 g/mol. The van der Waals surface area contributed by atoms with E-state index in [1.54, 1.807) is 20.0 Å². The SMILES string of the molecule is CNC(=O)CNC(C)c1c(O)cccc1O. The second kappa shape index (κ2) is 5.37. The second-order valence-electron chi connectivity index (χ2n) is 3.49. The van der Waals surface area contributed by atoms with E-state index in [4.69, 9.17) is 0 Å². The molecule has 4 N–H and O–H groups in total. The van der Waals surface area contributed by atoms with Crippen molar-refractivity contribution in [2.75, 3.05) is 13.6 Å². The molecule has 16 heavy (non-hydrogen) atoms. The van der Waals surface area contributed by atoms with Gasteiger partial charge in [-0.15, -0.1) is 0 Å². The Morgan fingerprint density at radius 2 is 1.94 bits per heavy atom. The highest BCUT2D eigenvalue weighted by Gasteiger charge is 2.14. The summed E-state index contributed by atoms with van der Waals surface area (Å²) in [5, 5.41) is 24.5. The summed E-state index contributed by atoms with van der Waals surface area (Å²) in [5.74, 6) is -0.129. The van der Waals surface area contributed by atoms with E-state index in [1.165, 1.54) is 12.1 Å². The van der Waals surface area contributed by atoms with Gasteiger partial charge in [0.05, 0.1) is 12.1 Å². The highest BCUT2D eigenvalue weighted by atomic mass is 16.3. The van der Waals surface area contributed by atoms with E-state index in [1.807, 2.05) is 0 Å². The maximum Gasteiger partial charge on any atom is 0.233 e. The molecule has 1 rings (SSSR count). The van der Waals surface area contributed by atoms with Crippen molar-refractivity contribution < 1.29 is 15.0 Å². The number of phenolic OH excluding ortho intramolecular Hbond substituents is 2. The van der Waals surface area contributed by atoms with Gasteiger partial charge in [0.2, 0.25) is 5.91 Å². The zero-order valence-corrected chi connectivity index (χ0v) is 9.32. The van der Waals surface area contributed by atoms with Crippen LogP contribution in [0, 0.1) is 0 Å². The van der Waals surface area contributed by atoms with Crippen molar-refractivity contribution in [2.24, 2.45) is 0 Å². The zero-order chi connectivity index (χ0) is 12.1. The first-order valence-electron chi connectivity index (χ1n) is 5.01. The minimum atomic E-state index is -0.307. The molecule has 0 spiro atoms. The van der Waals surface area contributed by atoms with Crippen molar-refractivity contribution in [2.45, 2.75) is 13.0 Å². The highest BCUT2D eigenvalue weighted by molar-refractivity contribution is 5.77. The molecule has 0 bridgehead atoms. The summed E-state index contributed by atoms with van der Waals surface area (Å²) in [7, 11) is 1.55. The topological polar surface area (TPSA) is 81.6 Å². The molecule has 0 aromatic heterocycles. The molecule has 5 nitrogen and oxygen atoms in total. The smallest absolute Gasteiger partial charge is 0.233 e. The van der Waals surface area contributed by atoms with Gasteiger partial charge < -0.3 is 20.8 Å². The van der Waals surface area contributed by atoms with Crippen LogP contribution in [0.1, 0.15) is 18.5 Å². The third-order valence-electron chi connectivity index (χ3n) is 2.34. The number of aromatic hydroxyl groups is 2. The zero-order valence-electron chi connectivity index (χ0n) is 9.32. The van der Waals surface area contributed by atoms with E-state index in [2.05, 4.69) is 10.6 Å². The Morgan fingerprint density at radius 3 is 2.44 bits per heavy atom. The van der Waals surface area contributed by atoms with Crippen LogP contribution in [0.15, 0.2) is 18.2 Å². The summed E-state index contributed by atoms with van der Waals surface area (Å²) in [4.78, 5) is 11.0. The lowest BCUT2D eigenvalue weighted by molar-refractivity contribution is -0.119. The van der Waals surface area contributed by atoms with Crippen LogP contribution in [0.3, 0.4) is 0 Å². The van der Waals surface area contributed by atoms with Gasteiger partial charge >= 0.3 is 0 Å². The number of hydrogen-bond acceptors (Lipinski definition) is 4. The Bertz CT molecular complexity index is 359. The van der Waals surface area contributed by atoms with Crippen LogP contribution in [0.5, 0.6) is 11.5 Å². The molecule has 5 heteroatoms. The Balaban J connectivity index is 2.73. The monoisotopic (exact) mass is 224 g/mol. The molecule has 1 amide bonds. The van der Waals surface area contributed by atoms with E-state index in [9.17, 15) is 15.0 Å². The number of carbonyl (C=O) groups excluding carboxylic acids is 1. The first kappa shape index (κ1) is 12.3. The lowest BCUT2D eigenvalue weighted by Crippen LogP contribution is -2.32. The molecule has 0 aliphatic heterocycles. The van der Waals surface area contributed by atoms with Crippen LogP contribution < -0.4 is 10.6 Å². The quantitative estimate of drug-likeness (QED) is 0.600. The first-order valence-corrected chi connectivity index (χ1v) is 5.01. The number of likely N-dealkylation sites (N-methyl/N-ethyl adjacent to an activating group) is 1. The second-order valence-corrected chi connectivity index (χ2v) is 3.49. The summed E-state index contributed by atoms with van der Waals surface area (Å²) in [5.41, 5.74) is 0.395. The average Bonchev–Trinajstić information content (AvgIpc) is 2.25. The molecule has 1 unspecified atom stereocenters. The van der Waals surface area contributed by atoms with Crippen molar-refractivity contribution in [3.63, 3.8) is 0 Å². The first-order chi connectivity index (χ1) is 7.56. The van der Waals surface area contributed by atoms with Crippen molar-refractivity contribution in [3.8, 4) is 11.5 Å². The summed E-state index contributed by atoms with van der Waals surface area (Å²) < 4.78 is 0. The van der Waals surface area contributed by atoms with E-state index < -0.39 is 0 Å². The minimum Gasteiger partial charge on any atom is -0.507 e. The predicted octanol–water partition coefficient (Wildman–Crippen LogP) is 0.494. The van der Waals surface area contributed by atoms with Gasteiger partial charge in [0.25, 0.3) is 0 Å². The van der Waals surface area contributed by atoms with Crippen LogP contribution in [-0.2, 0) is 4.79 Å². The van der Waals surface area contributed by atoms with E-state index in [-0.39, 0.29) is 30.0 Å². The largest absolute Gasteiger partial charge is 0.507 e. The van der Waals surface area contributed by atoms with Gasteiger partial charge in [-0.2, -0.15) is 0 Å². The van der Waals surface area contributed by atoms with Crippen LogP contribution in [-0.4, -0.2) is 29.7 Å². The molecule has 1 aromatic rings. The van der Waals surface area contributed by atoms with Crippen LogP contribution in [0.25, 0.3) is 0 Å². The van der Waals surface area contributed by atoms with Crippen molar-refractivity contribution in [1.29, 1.82) is 0 Å². The lowest BCUT2D eigenvalue weighted by atomic mass is 10.1. The van der Waals surface area contributed by atoms with E-state index in [0.717, 1.165) is 0 Å². The number of hydrogen-bond donors (Lipinski definition) is 4. The molecule has 0 radical (unpaired) electrons. The molecule has 0 heterocycles. The number of benzene rings is 1. The van der Waals surface area contributed by atoms with Crippen LogP contribution >= 0.6 is 0 Å². The van der Waals surface area contributed by atoms with E-state index in [0.29, 0.717) is 5.56 Å². The molecule has 1 atom stereocenters. The summed E-state index contributed by atoms with van der Waals surface area (Å²) >= 11 is 0.